The third kappa shape index (κ3) is 3.72. The van der Waals surface area contributed by atoms with Gasteiger partial charge < -0.3 is 15.2 Å². The molecule has 0 unspecified atom stereocenters. The number of hydrogen-bond donors (Lipinski definition) is 2. The molecule has 0 aliphatic rings. The van der Waals surface area contributed by atoms with Crippen LogP contribution in [-0.4, -0.2) is 16.0 Å². The van der Waals surface area contributed by atoms with E-state index in [-0.39, 0.29) is 11.6 Å². The number of halogens is 1. The SMILES string of the molecule is Cc1cc(NC(=O)c2ccc(Nc3ccc(C)c(Cl)c3)cn2)no1. The summed E-state index contributed by atoms with van der Waals surface area (Å²) in [6, 6.07) is 10.7. The van der Waals surface area contributed by atoms with Crippen LogP contribution in [0.3, 0.4) is 0 Å². The molecule has 6 nitrogen and oxygen atoms in total. The van der Waals surface area contributed by atoms with Crippen LogP contribution in [-0.2, 0) is 0 Å². The maximum absolute atomic E-state index is 12.1. The average molecular weight is 343 g/mol. The van der Waals surface area contributed by atoms with Gasteiger partial charge in [0.2, 0.25) is 0 Å². The second-order valence-corrected chi connectivity index (χ2v) is 5.71. The van der Waals surface area contributed by atoms with E-state index in [2.05, 4.69) is 20.8 Å². The van der Waals surface area contributed by atoms with Gasteiger partial charge in [0, 0.05) is 16.8 Å². The predicted molar refractivity (Wildman–Crippen MR) is 92.9 cm³/mol. The highest BCUT2D eigenvalue weighted by molar-refractivity contribution is 6.31. The Bertz CT molecular complexity index is 875. The number of aromatic nitrogens is 2. The number of nitrogens with one attached hydrogen (secondary N) is 2. The molecule has 1 aromatic carbocycles. The lowest BCUT2D eigenvalue weighted by Gasteiger charge is -2.08. The van der Waals surface area contributed by atoms with Crippen LogP contribution in [0.2, 0.25) is 5.02 Å². The molecule has 0 aliphatic heterocycles. The van der Waals surface area contributed by atoms with E-state index in [1.165, 1.54) is 0 Å². The number of carbonyl (C=O) groups is 1. The summed E-state index contributed by atoms with van der Waals surface area (Å²) in [5, 5.41) is 10.2. The van der Waals surface area contributed by atoms with E-state index < -0.39 is 0 Å². The van der Waals surface area contributed by atoms with Gasteiger partial charge >= 0.3 is 0 Å². The number of aryl methyl sites for hydroxylation is 2. The fourth-order valence-electron chi connectivity index (χ4n) is 2.05. The van der Waals surface area contributed by atoms with Crippen molar-refractivity contribution < 1.29 is 9.32 Å². The second kappa shape index (κ2) is 6.72. The number of rotatable bonds is 4. The number of nitrogens with zero attached hydrogens (tertiary/aromatic N) is 2. The Labute approximate surface area is 143 Å². The summed E-state index contributed by atoms with van der Waals surface area (Å²) in [6.45, 7) is 3.69. The van der Waals surface area contributed by atoms with Crippen molar-refractivity contribution in [1.29, 1.82) is 0 Å². The van der Waals surface area contributed by atoms with Crippen molar-refractivity contribution in [3.8, 4) is 0 Å². The number of benzene rings is 1. The molecule has 3 rings (SSSR count). The lowest BCUT2D eigenvalue weighted by Crippen LogP contribution is -2.13. The van der Waals surface area contributed by atoms with Crippen LogP contribution in [0.1, 0.15) is 21.8 Å². The molecule has 1 amide bonds. The third-order valence-corrected chi connectivity index (χ3v) is 3.73. The van der Waals surface area contributed by atoms with Gasteiger partial charge in [-0.3, -0.25) is 4.79 Å². The van der Waals surface area contributed by atoms with Crippen LogP contribution in [0.15, 0.2) is 47.1 Å². The summed E-state index contributed by atoms with van der Waals surface area (Å²) in [4.78, 5) is 16.2. The summed E-state index contributed by atoms with van der Waals surface area (Å²) in [5.41, 5.74) is 2.89. The lowest BCUT2D eigenvalue weighted by atomic mass is 10.2. The summed E-state index contributed by atoms with van der Waals surface area (Å²) < 4.78 is 4.90. The summed E-state index contributed by atoms with van der Waals surface area (Å²) in [5.74, 6) is 0.624. The zero-order chi connectivity index (χ0) is 17.1. The fraction of sp³-hybridized carbons (Fsp3) is 0.118. The number of anilines is 3. The maximum Gasteiger partial charge on any atom is 0.275 e. The molecule has 0 radical (unpaired) electrons. The van der Waals surface area contributed by atoms with Gasteiger partial charge in [0.15, 0.2) is 5.82 Å². The van der Waals surface area contributed by atoms with Gasteiger partial charge in [0.1, 0.15) is 11.5 Å². The van der Waals surface area contributed by atoms with Crippen LogP contribution in [0.25, 0.3) is 0 Å². The van der Waals surface area contributed by atoms with Gasteiger partial charge in [-0.25, -0.2) is 4.98 Å². The normalized spacial score (nSPS) is 10.5. The molecule has 0 atom stereocenters. The molecule has 2 aromatic heterocycles. The number of carbonyl (C=O) groups excluding carboxylic acids is 1. The quantitative estimate of drug-likeness (QED) is 0.737. The van der Waals surface area contributed by atoms with Crippen molar-refractivity contribution in [2.45, 2.75) is 13.8 Å². The zero-order valence-corrected chi connectivity index (χ0v) is 13.9. The maximum atomic E-state index is 12.1. The van der Waals surface area contributed by atoms with Gasteiger partial charge in [-0.05, 0) is 43.7 Å². The molecule has 7 heteroatoms. The first-order valence-corrected chi connectivity index (χ1v) is 7.63. The average Bonchev–Trinajstić information content (AvgIpc) is 2.96. The Morgan fingerprint density at radius 2 is 1.92 bits per heavy atom. The third-order valence-electron chi connectivity index (χ3n) is 3.33. The fourth-order valence-corrected chi connectivity index (χ4v) is 2.23. The topological polar surface area (TPSA) is 80.0 Å². The van der Waals surface area contributed by atoms with E-state index in [1.807, 2.05) is 25.1 Å². The van der Waals surface area contributed by atoms with Crippen LogP contribution < -0.4 is 10.6 Å². The van der Waals surface area contributed by atoms with Gasteiger partial charge in [-0.15, -0.1) is 0 Å². The van der Waals surface area contributed by atoms with Crippen molar-refractivity contribution in [3.05, 3.63) is 64.6 Å². The first kappa shape index (κ1) is 16.0. The van der Waals surface area contributed by atoms with E-state index in [4.69, 9.17) is 16.1 Å². The van der Waals surface area contributed by atoms with Crippen LogP contribution in [0.5, 0.6) is 0 Å². The first-order valence-electron chi connectivity index (χ1n) is 7.25. The standard InChI is InChI=1S/C17H15ClN4O2/c1-10-3-4-12(8-14(10)18)20-13-5-6-15(19-9-13)17(23)21-16-7-11(2)24-22-16/h3-9,20H,1-2H3,(H,21,22,23). The molecule has 0 aliphatic carbocycles. The second-order valence-electron chi connectivity index (χ2n) is 5.30. The van der Waals surface area contributed by atoms with Gasteiger partial charge in [-0.2, -0.15) is 0 Å². The minimum Gasteiger partial charge on any atom is -0.360 e. The number of pyridine rings is 1. The molecule has 2 N–H and O–H groups in total. The minimum atomic E-state index is -0.353. The number of hydrogen-bond acceptors (Lipinski definition) is 5. The number of amides is 1. The molecule has 0 saturated carbocycles. The van der Waals surface area contributed by atoms with E-state index in [1.54, 1.807) is 31.3 Å². The predicted octanol–water partition coefficient (Wildman–Crippen LogP) is 4.34. The van der Waals surface area contributed by atoms with E-state index in [0.717, 1.165) is 16.9 Å². The Kier molecular flexibility index (Phi) is 4.48. The zero-order valence-electron chi connectivity index (χ0n) is 13.1. The van der Waals surface area contributed by atoms with Crippen molar-refractivity contribution in [1.82, 2.24) is 10.1 Å². The molecular formula is C17H15ClN4O2. The van der Waals surface area contributed by atoms with Crippen LogP contribution >= 0.6 is 11.6 Å². The monoisotopic (exact) mass is 342 g/mol. The first-order chi connectivity index (χ1) is 11.5. The highest BCUT2D eigenvalue weighted by atomic mass is 35.5. The van der Waals surface area contributed by atoms with Crippen LogP contribution in [0, 0.1) is 13.8 Å². The highest BCUT2D eigenvalue weighted by Gasteiger charge is 2.10. The Hall–Kier alpha value is -2.86. The Morgan fingerprint density at radius 3 is 2.54 bits per heavy atom. The molecule has 2 heterocycles. The highest BCUT2D eigenvalue weighted by Crippen LogP contribution is 2.23. The molecule has 0 spiro atoms. The van der Waals surface area contributed by atoms with Crippen molar-refractivity contribution in [2.24, 2.45) is 0 Å². The largest absolute Gasteiger partial charge is 0.360 e. The molecule has 0 fully saturated rings. The van der Waals surface area contributed by atoms with Gasteiger partial charge in [0.05, 0.1) is 11.9 Å². The molecule has 3 aromatic rings. The lowest BCUT2D eigenvalue weighted by molar-refractivity contribution is 0.102. The molecule has 122 valence electrons. The molecular weight excluding hydrogens is 328 g/mol. The van der Waals surface area contributed by atoms with E-state index in [0.29, 0.717) is 16.6 Å². The summed E-state index contributed by atoms with van der Waals surface area (Å²) >= 11 is 6.10. The molecule has 24 heavy (non-hydrogen) atoms. The Morgan fingerprint density at radius 1 is 1.12 bits per heavy atom. The van der Waals surface area contributed by atoms with Crippen molar-refractivity contribution >= 4 is 34.7 Å². The Balaban J connectivity index is 1.68. The van der Waals surface area contributed by atoms with Gasteiger partial charge in [0.25, 0.3) is 5.91 Å². The summed E-state index contributed by atoms with van der Waals surface area (Å²) in [6.07, 6.45) is 1.58. The van der Waals surface area contributed by atoms with Crippen molar-refractivity contribution in [2.75, 3.05) is 10.6 Å². The smallest absolute Gasteiger partial charge is 0.275 e. The molecule has 0 saturated heterocycles. The van der Waals surface area contributed by atoms with Gasteiger partial charge in [-0.1, -0.05) is 22.8 Å². The van der Waals surface area contributed by atoms with Crippen LogP contribution in [0.4, 0.5) is 17.2 Å². The minimum absolute atomic E-state index is 0.281. The van der Waals surface area contributed by atoms with E-state index in [9.17, 15) is 4.79 Å². The molecule has 0 bridgehead atoms. The van der Waals surface area contributed by atoms with Crippen molar-refractivity contribution in [3.63, 3.8) is 0 Å². The summed E-state index contributed by atoms with van der Waals surface area (Å²) in [7, 11) is 0. The van der Waals surface area contributed by atoms with E-state index >= 15 is 0 Å².